The molecule has 0 saturated carbocycles. The average molecular weight is 579 g/mol. The molecule has 1 aliphatic heterocycles. The van der Waals surface area contributed by atoms with Gasteiger partial charge in [-0.1, -0.05) is 34.8 Å². The lowest BCUT2D eigenvalue weighted by molar-refractivity contribution is -0.0220. The SMILES string of the molecule is Nc1nc(Cl)c2ncn(C3OC(COP(=O)(O)OP(=O)(O)OP(=O)(O)O)CC3(Cl)Cl)c2n1. The molecule has 4 atom stereocenters. The van der Waals surface area contributed by atoms with Crippen molar-refractivity contribution in [3.8, 4) is 0 Å². The molecule has 0 spiro atoms. The number of aromatic nitrogens is 4. The van der Waals surface area contributed by atoms with Crippen molar-refractivity contribution in [3.63, 3.8) is 0 Å². The van der Waals surface area contributed by atoms with Crippen LogP contribution in [-0.2, 0) is 31.6 Å². The van der Waals surface area contributed by atoms with Crippen molar-refractivity contribution in [2.24, 2.45) is 0 Å². The van der Waals surface area contributed by atoms with Gasteiger partial charge < -0.3 is 30.0 Å². The van der Waals surface area contributed by atoms with E-state index in [1.54, 1.807) is 0 Å². The molecular weight excluding hydrogens is 565 g/mol. The van der Waals surface area contributed by atoms with Crippen LogP contribution in [0.1, 0.15) is 12.6 Å². The standard InChI is InChI=1S/C10H13Cl3N5O11P3/c11-6-5-7(17-9(14)16-6)18(3-15-5)8-10(12,13)1-4(27-8)2-26-31(22,23)29-32(24,25)28-30(19,20)21/h3-4,8H,1-2H2,(H,22,23)(H,24,25)(H2,14,16,17)(H2,19,20,21). The number of nitrogens with two attached hydrogens (primary N) is 1. The summed E-state index contributed by atoms with van der Waals surface area (Å²) in [6, 6.07) is 0. The Hall–Kier alpha value is -0.410. The third kappa shape index (κ3) is 6.38. The van der Waals surface area contributed by atoms with Crippen LogP contribution in [0.2, 0.25) is 5.15 Å². The lowest BCUT2D eigenvalue weighted by atomic mass is 10.2. The van der Waals surface area contributed by atoms with Crippen LogP contribution in [0.5, 0.6) is 0 Å². The Labute approximate surface area is 193 Å². The number of hydrogen-bond donors (Lipinski definition) is 5. The molecule has 6 N–H and O–H groups in total. The number of ether oxygens (including phenoxy) is 1. The minimum Gasteiger partial charge on any atom is -0.368 e. The Morgan fingerprint density at radius 2 is 1.84 bits per heavy atom. The van der Waals surface area contributed by atoms with Gasteiger partial charge in [0.15, 0.2) is 21.4 Å². The van der Waals surface area contributed by atoms with Crippen LogP contribution in [0.4, 0.5) is 5.95 Å². The van der Waals surface area contributed by atoms with Crippen LogP contribution in [0, 0.1) is 0 Å². The zero-order valence-electron chi connectivity index (χ0n) is 15.1. The van der Waals surface area contributed by atoms with Crippen molar-refractivity contribution in [1.82, 2.24) is 19.5 Å². The van der Waals surface area contributed by atoms with Crippen molar-refractivity contribution in [3.05, 3.63) is 11.5 Å². The van der Waals surface area contributed by atoms with E-state index in [-0.39, 0.29) is 28.7 Å². The molecule has 1 aliphatic rings. The van der Waals surface area contributed by atoms with E-state index < -0.39 is 46.7 Å². The van der Waals surface area contributed by atoms with Gasteiger partial charge in [0.25, 0.3) is 0 Å². The normalized spacial score (nSPS) is 25.0. The predicted octanol–water partition coefficient (Wildman–Crippen LogP) is 1.87. The van der Waals surface area contributed by atoms with E-state index in [0.29, 0.717) is 0 Å². The topological polar surface area (TPSA) is 239 Å². The fourth-order valence-corrected chi connectivity index (χ4v) is 6.58. The van der Waals surface area contributed by atoms with Gasteiger partial charge in [0, 0.05) is 6.42 Å². The van der Waals surface area contributed by atoms with Gasteiger partial charge >= 0.3 is 23.5 Å². The average Bonchev–Trinajstić information content (AvgIpc) is 3.09. The lowest BCUT2D eigenvalue weighted by Gasteiger charge is -2.22. The number of imidazole rings is 1. The number of nitrogen functional groups attached to an aromatic ring is 1. The van der Waals surface area contributed by atoms with Gasteiger partial charge in [-0.3, -0.25) is 9.09 Å². The Kier molecular flexibility index (Phi) is 7.36. The molecule has 0 aromatic carbocycles. The molecule has 4 unspecified atom stereocenters. The molecule has 3 heterocycles. The van der Waals surface area contributed by atoms with E-state index in [4.69, 9.17) is 60.0 Å². The van der Waals surface area contributed by atoms with Crippen LogP contribution < -0.4 is 5.73 Å². The summed E-state index contributed by atoms with van der Waals surface area (Å²) in [7, 11) is -16.5. The summed E-state index contributed by atoms with van der Waals surface area (Å²) in [6.45, 7) is -0.744. The zero-order chi connectivity index (χ0) is 24.1. The monoisotopic (exact) mass is 577 g/mol. The molecule has 0 amide bonds. The van der Waals surface area contributed by atoms with Gasteiger partial charge in [0.1, 0.15) is 5.52 Å². The molecule has 1 fully saturated rings. The fourth-order valence-electron chi connectivity index (χ4n) is 2.65. The van der Waals surface area contributed by atoms with Gasteiger partial charge in [0.05, 0.1) is 19.0 Å². The molecule has 32 heavy (non-hydrogen) atoms. The Bertz CT molecular complexity index is 1170. The third-order valence-electron chi connectivity index (χ3n) is 3.67. The van der Waals surface area contributed by atoms with E-state index in [1.807, 2.05) is 0 Å². The summed E-state index contributed by atoms with van der Waals surface area (Å²) in [6.07, 6.45) is -1.15. The van der Waals surface area contributed by atoms with E-state index in [1.165, 1.54) is 10.9 Å². The maximum atomic E-state index is 11.9. The molecule has 3 rings (SSSR count). The zero-order valence-corrected chi connectivity index (χ0v) is 20.1. The molecule has 0 radical (unpaired) electrons. The number of halogens is 3. The Balaban J connectivity index is 1.72. The molecule has 2 aromatic heterocycles. The van der Waals surface area contributed by atoms with E-state index >= 15 is 0 Å². The largest absolute Gasteiger partial charge is 0.490 e. The molecule has 16 nitrogen and oxygen atoms in total. The number of alkyl halides is 2. The van der Waals surface area contributed by atoms with E-state index in [9.17, 15) is 18.6 Å². The van der Waals surface area contributed by atoms with Crippen LogP contribution in [0.25, 0.3) is 11.2 Å². The number of phosphoric ester groups is 1. The van der Waals surface area contributed by atoms with Gasteiger partial charge in [-0.2, -0.15) is 18.6 Å². The second-order valence-corrected chi connectivity index (χ2v) is 12.5. The van der Waals surface area contributed by atoms with Crippen molar-refractivity contribution >= 4 is 75.4 Å². The van der Waals surface area contributed by atoms with Crippen LogP contribution in [0.3, 0.4) is 0 Å². The second-order valence-electron chi connectivity index (χ2n) is 6.16. The van der Waals surface area contributed by atoms with Crippen LogP contribution in [-0.4, -0.2) is 56.1 Å². The molecule has 180 valence electrons. The number of anilines is 1. The summed E-state index contributed by atoms with van der Waals surface area (Å²) in [4.78, 5) is 47.5. The van der Waals surface area contributed by atoms with Crippen molar-refractivity contribution in [2.45, 2.75) is 23.1 Å². The van der Waals surface area contributed by atoms with Gasteiger partial charge in [-0.05, 0) is 0 Å². The summed E-state index contributed by atoms with van der Waals surface area (Å²) in [5.41, 5.74) is 5.88. The molecule has 1 saturated heterocycles. The number of nitrogens with zero attached hydrogens (tertiary/aromatic N) is 4. The summed E-state index contributed by atoms with van der Waals surface area (Å²) >= 11 is 18.6. The molecular formula is C10H13Cl3N5O11P3. The third-order valence-corrected chi connectivity index (χ3v) is 8.42. The highest BCUT2D eigenvalue weighted by atomic mass is 35.5. The van der Waals surface area contributed by atoms with Gasteiger partial charge in [-0.25, -0.2) is 18.7 Å². The number of phosphoric acid groups is 3. The molecule has 22 heteroatoms. The van der Waals surface area contributed by atoms with Crippen molar-refractivity contribution in [1.29, 1.82) is 0 Å². The summed E-state index contributed by atoms with van der Waals surface area (Å²) in [5, 5.41) is -0.0387. The minimum atomic E-state index is -5.66. The van der Waals surface area contributed by atoms with Crippen LogP contribution in [0.15, 0.2) is 6.33 Å². The first-order chi connectivity index (χ1) is 14.5. The highest BCUT2D eigenvalue weighted by Crippen LogP contribution is 2.66. The number of hydrogen-bond acceptors (Lipinski definition) is 11. The van der Waals surface area contributed by atoms with Crippen LogP contribution >= 0.6 is 58.3 Å². The highest BCUT2D eigenvalue weighted by molar-refractivity contribution is 7.66. The Morgan fingerprint density at radius 3 is 2.47 bits per heavy atom. The van der Waals surface area contributed by atoms with E-state index in [2.05, 4.69) is 28.1 Å². The first-order valence-corrected chi connectivity index (χ1v) is 13.6. The van der Waals surface area contributed by atoms with Crippen molar-refractivity contribution < 1.29 is 51.2 Å². The quantitative estimate of drug-likeness (QED) is 0.171. The Morgan fingerprint density at radius 1 is 1.19 bits per heavy atom. The first-order valence-electron chi connectivity index (χ1n) is 7.95. The second kappa shape index (κ2) is 8.99. The van der Waals surface area contributed by atoms with E-state index in [0.717, 1.165) is 0 Å². The molecule has 0 bridgehead atoms. The number of fused-ring (bicyclic) bond motifs is 1. The molecule has 0 aliphatic carbocycles. The first kappa shape index (κ1) is 26.2. The lowest BCUT2D eigenvalue weighted by Crippen LogP contribution is -2.23. The highest BCUT2D eigenvalue weighted by Gasteiger charge is 2.49. The minimum absolute atomic E-state index is 0.0387. The maximum Gasteiger partial charge on any atom is 0.490 e. The number of rotatable bonds is 8. The fraction of sp³-hybridized carbons (Fsp3) is 0.500. The molecule has 2 aromatic rings. The van der Waals surface area contributed by atoms with Gasteiger partial charge in [-0.15, -0.1) is 0 Å². The maximum absolute atomic E-state index is 11.9. The van der Waals surface area contributed by atoms with Crippen molar-refractivity contribution in [2.75, 3.05) is 12.3 Å². The predicted molar refractivity (Wildman–Crippen MR) is 108 cm³/mol. The summed E-state index contributed by atoms with van der Waals surface area (Å²) < 4.78 is 50.9. The van der Waals surface area contributed by atoms with Gasteiger partial charge in [0.2, 0.25) is 5.95 Å². The summed E-state index contributed by atoms with van der Waals surface area (Å²) in [5.74, 6) is -0.166. The smallest absolute Gasteiger partial charge is 0.368 e.